The van der Waals surface area contributed by atoms with Crippen LogP contribution in [0.2, 0.25) is 0 Å². The molecule has 0 amide bonds. The molecule has 0 atom stereocenters. The van der Waals surface area contributed by atoms with Crippen molar-refractivity contribution in [1.82, 2.24) is 0 Å². The highest BCUT2D eigenvalue weighted by Crippen LogP contribution is 2.25. The number of rotatable bonds is 2. The Morgan fingerprint density at radius 1 is 1.18 bits per heavy atom. The van der Waals surface area contributed by atoms with Gasteiger partial charge < -0.3 is 15.1 Å². The van der Waals surface area contributed by atoms with Crippen LogP contribution in [0.4, 0.5) is 11.4 Å². The minimum absolute atomic E-state index is 0.0597. The van der Waals surface area contributed by atoms with Gasteiger partial charge in [0.25, 0.3) is 5.69 Å². The van der Waals surface area contributed by atoms with Crippen LogP contribution in [0.25, 0.3) is 0 Å². The molecule has 6 heteroatoms. The first-order chi connectivity index (χ1) is 7.98. The topological polar surface area (TPSA) is 86.8 Å². The molecule has 0 radical (unpaired) electrons. The van der Waals surface area contributed by atoms with Crippen molar-refractivity contribution in [3.63, 3.8) is 0 Å². The number of hydrogen-bond donors (Lipinski definition) is 2. The normalized spacial score (nSPS) is 19.1. The lowest BCUT2D eigenvalue weighted by atomic mass is 10.0. The van der Waals surface area contributed by atoms with Crippen LogP contribution in [0, 0.1) is 10.1 Å². The Morgan fingerprint density at radius 2 is 1.71 bits per heavy atom. The number of anilines is 1. The van der Waals surface area contributed by atoms with E-state index >= 15 is 0 Å². The predicted octanol–water partition coefficient (Wildman–Crippen LogP) is 0.876. The van der Waals surface area contributed by atoms with Gasteiger partial charge in [-0.3, -0.25) is 10.1 Å². The maximum absolute atomic E-state index is 10.5. The lowest BCUT2D eigenvalue weighted by Gasteiger charge is -2.35. The fourth-order valence-electron chi connectivity index (χ4n) is 1.91. The first-order valence-electron chi connectivity index (χ1n) is 5.42. The second-order valence-corrected chi connectivity index (χ2v) is 4.24. The largest absolute Gasteiger partial charge is 0.371 e. The number of nitrogens with zero attached hydrogens (tertiary/aromatic N) is 2. The average Bonchev–Trinajstić information content (AvgIpc) is 2.29. The molecule has 1 aliphatic heterocycles. The quantitative estimate of drug-likeness (QED) is 0.453. The summed E-state index contributed by atoms with van der Waals surface area (Å²) in [4.78, 5) is 12.0. The summed E-state index contributed by atoms with van der Waals surface area (Å²) in [5, 5.41) is 29.3. The molecular formula is C11H14N2O4. The molecule has 17 heavy (non-hydrogen) atoms. The molecular weight excluding hydrogens is 224 g/mol. The van der Waals surface area contributed by atoms with Gasteiger partial charge in [-0.25, -0.2) is 0 Å². The molecule has 2 rings (SSSR count). The van der Waals surface area contributed by atoms with Crippen LogP contribution >= 0.6 is 0 Å². The van der Waals surface area contributed by atoms with E-state index in [0.29, 0.717) is 13.1 Å². The van der Waals surface area contributed by atoms with Gasteiger partial charge in [-0.15, -0.1) is 0 Å². The zero-order chi connectivity index (χ0) is 12.5. The molecule has 92 valence electrons. The van der Waals surface area contributed by atoms with Crippen molar-refractivity contribution >= 4 is 11.4 Å². The molecule has 1 fully saturated rings. The zero-order valence-electron chi connectivity index (χ0n) is 9.24. The number of piperidine rings is 1. The van der Waals surface area contributed by atoms with Crippen LogP contribution in [0.5, 0.6) is 0 Å². The summed E-state index contributed by atoms with van der Waals surface area (Å²) in [5.41, 5.74) is 0.926. The number of benzene rings is 1. The molecule has 0 saturated carbocycles. The molecule has 0 aromatic heterocycles. The monoisotopic (exact) mass is 238 g/mol. The van der Waals surface area contributed by atoms with Crippen LogP contribution < -0.4 is 4.90 Å². The van der Waals surface area contributed by atoms with E-state index in [0.717, 1.165) is 5.69 Å². The van der Waals surface area contributed by atoms with Gasteiger partial charge in [0.05, 0.1) is 4.92 Å². The first kappa shape index (κ1) is 11.8. The van der Waals surface area contributed by atoms with Gasteiger partial charge in [-0.05, 0) is 12.1 Å². The predicted molar refractivity (Wildman–Crippen MR) is 61.7 cm³/mol. The summed E-state index contributed by atoms with van der Waals surface area (Å²) in [6.45, 7) is 1.07. The number of hydrogen-bond acceptors (Lipinski definition) is 5. The Hall–Kier alpha value is -1.66. The van der Waals surface area contributed by atoms with E-state index in [-0.39, 0.29) is 18.5 Å². The van der Waals surface area contributed by atoms with E-state index < -0.39 is 10.7 Å². The van der Waals surface area contributed by atoms with Crippen LogP contribution in [0.15, 0.2) is 24.3 Å². The summed E-state index contributed by atoms with van der Waals surface area (Å²) in [5.74, 6) is -1.57. The van der Waals surface area contributed by atoms with Gasteiger partial charge in [-0.2, -0.15) is 0 Å². The zero-order valence-corrected chi connectivity index (χ0v) is 9.24. The van der Waals surface area contributed by atoms with E-state index in [4.69, 9.17) is 0 Å². The SMILES string of the molecule is O=[N+]([O-])c1ccc(N2CCC(O)(O)CC2)cc1. The Labute approximate surface area is 98.3 Å². The van der Waals surface area contributed by atoms with Gasteiger partial charge in [0, 0.05) is 43.8 Å². The van der Waals surface area contributed by atoms with Crippen LogP contribution in [0.1, 0.15) is 12.8 Å². The molecule has 1 heterocycles. The lowest BCUT2D eigenvalue weighted by Crippen LogP contribution is -2.44. The highest BCUT2D eigenvalue weighted by molar-refractivity contribution is 5.51. The summed E-state index contributed by atoms with van der Waals surface area (Å²) in [6, 6.07) is 6.27. The third kappa shape index (κ3) is 2.72. The number of nitro groups is 1. The average molecular weight is 238 g/mol. The summed E-state index contributed by atoms with van der Waals surface area (Å²) in [7, 11) is 0. The Bertz CT molecular complexity index is 406. The maximum Gasteiger partial charge on any atom is 0.269 e. The third-order valence-electron chi connectivity index (χ3n) is 2.99. The Balaban J connectivity index is 2.06. The molecule has 1 saturated heterocycles. The van der Waals surface area contributed by atoms with Gasteiger partial charge in [0.1, 0.15) is 0 Å². The van der Waals surface area contributed by atoms with Gasteiger partial charge in [-0.1, -0.05) is 0 Å². The van der Waals surface area contributed by atoms with E-state index in [1.54, 1.807) is 12.1 Å². The Kier molecular flexibility index (Phi) is 2.99. The van der Waals surface area contributed by atoms with E-state index in [9.17, 15) is 20.3 Å². The molecule has 0 aliphatic carbocycles. The van der Waals surface area contributed by atoms with Crippen molar-refractivity contribution in [2.45, 2.75) is 18.6 Å². The molecule has 0 spiro atoms. The standard InChI is InChI=1S/C11H14N2O4/c14-11(15)5-7-12(8-6-11)9-1-3-10(4-2-9)13(16)17/h1-4,14-15H,5-8H2. The molecule has 0 unspecified atom stereocenters. The second kappa shape index (κ2) is 4.31. The summed E-state index contributed by atoms with van der Waals surface area (Å²) >= 11 is 0. The highest BCUT2D eigenvalue weighted by atomic mass is 16.6. The lowest BCUT2D eigenvalue weighted by molar-refractivity contribution is -0.384. The smallest absolute Gasteiger partial charge is 0.269 e. The minimum Gasteiger partial charge on any atom is -0.371 e. The number of aliphatic hydroxyl groups is 2. The van der Waals surface area contributed by atoms with Gasteiger partial charge >= 0.3 is 0 Å². The third-order valence-corrected chi connectivity index (χ3v) is 2.99. The fraction of sp³-hybridized carbons (Fsp3) is 0.455. The molecule has 0 bridgehead atoms. The number of nitro benzene ring substituents is 1. The van der Waals surface area contributed by atoms with Crippen LogP contribution in [0.3, 0.4) is 0 Å². The Morgan fingerprint density at radius 3 is 2.18 bits per heavy atom. The fourth-order valence-corrected chi connectivity index (χ4v) is 1.91. The first-order valence-corrected chi connectivity index (χ1v) is 5.42. The molecule has 2 N–H and O–H groups in total. The summed E-state index contributed by atoms with van der Waals surface area (Å²) < 4.78 is 0. The molecule has 1 aromatic carbocycles. The minimum atomic E-state index is -1.57. The molecule has 1 aromatic rings. The van der Waals surface area contributed by atoms with E-state index in [1.165, 1.54) is 12.1 Å². The van der Waals surface area contributed by atoms with E-state index in [2.05, 4.69) is 0 Å². The van der Waals surface area contributed by atoms with Crippen LogP contribution in [-0.4, -0.2) is 34.0 Å². The van der Waals surface area contributed by atoms with Crippen molar-refractivity contribution in [2.75, 3.05) is 18.0 Å². The van der Waals surface area contributed by atoms with Crippen molar-refractivity contribution in [3.05, 3.63) is 34.4 Å². The molecule has 6 nitrogen and oxygen atoms in total. The van der Waals surface area contributed by atoms with Crippen molar-refractivity contribution in [3.8, 4) is 0 Å². The van der Waals surface area contributed by atoms with E-state index in [1.807, 2.05) is 4.90 Å². The summed E-state index contributed by atoms with van der Waals surface area (Å²) in [6.07, 6.45) is 0.563. The maximum atomic E-state index is 10.5. The number of non-ortho nitro benzene ring substituents is 1. The van der Waals surface area contributed by atoms with Crippen molar-refractivity contribution < 1.29 is 15.1 Å². The molecule has 1 aliphatic rings. The van der Waals surface area contributed by atoms with Gasteiger partial charge in [0.2, 0.25) is 0 Å². The van der Waals surface area contributed by atoms with Crippen LogP contribution in [-0.2, 0) is 0 Å². The van der Waals surface area contributed by atoms with Crippen molar-refractivity contribution in [1.29, 1.82) is 0 Å². The highest BCUT2D eigenvalue weighted by Gasteiger charge is 2.29. The van der Waals surface area contributed by atoms with Crippen molar-refractivity contribution in [2.24, 2.45) is 0 Å². The van der Waals surface area contributed by atoms with Gasteiger partial charge in [0.15, 0.2) is 5.79 Å². The second-order valence-electron chi connectivity index (χ2n) is 4.24.